The van der Waals surface area contributed by atoms with Crippen LogP contribution in [0.1, 0.15) is 21.5 Å². The van der Waals surface area contributed by atoms with Crippen molar-refractivity contribution in [2.45, 2.75) is 13.0 Å². The number of hydrogen-bond acceptors (Lipinski definition) is 3. The average molecular weight is 299 g/mol. The lowest BCUT2D eigenvalue weighted by Crippen LogP contribution is -2.26. The molecule has 2 aromatic rings. The van der Waals surface area contributed by atoms with E-state index in [4.69, 9.17) is 9.84 Å². The Bertz CT molecular complexity index is 623. The van der Waals surface area contributed by atoms with Crippen molar-refractivity contribution < 1.29 is 19.4 Å². The van der Waals surface area contributed by atoms with Crippen LogP contribution in [-0.2, 0) is 17.8 Å². The molecule has 0 aliphatic rings. The summed E-state index contributed by atoms with van der Waals surface area (Å²) in [6, 6.07) is 16.0. The molecule has 0 saturated heterocycles. The van der Waals surface area contributed by atoms with Crippen LogP contribution in [-0.4, -0.2) is 23.7 Å². The maximum Gasteiger partial charge on any atom is 0.407 e. The Morgan fingerprint density at radius 1 is 0.955 bits per heavy atom. The summed E-state index contributed by atoms with van der Waals surface area (Å²) in [5.74, 6) is -0.950. The van der Waals surface area contributed by atoms with Gasteiger partial charge in [0.05, 0.1) is 5.56 Å². The molecule has 0 radical (unpaired) electrons. The SMILES string of the molecule is O=C(NCCc1ccc(C(=O)O)cc1)OCc1ccccc1. The fraction of sp³-hybridized carbons (Fsp3) is 0.176. The predicted octanol–water partition coefficient (Wildman–Crippen LogP) is 2.85. The minimum Gasteiger partial charge on any atom is -0.478 e. The van der Waals surface area contributed by atoms with Gasteiger partial charge in [-0.2, -0.15) is 0 Å². The van der Waals surface area contributed by atoms with Crippen LogP contribution in [0.4, 0.5) is 4.79 Å². The highest BCUT2D eigenvalue weighted by molar-refractivity contribution is 5.87. The summed E-state index contributed by atoms with van der Waals surface area (Å²) in [7, 11) is 0. The van der Waals surface area contributed by atoms with Crippen LogP contribution in [0.2, 0.25) is 0 Å². The van der Waals surface area contributed by atoms with Gasteiger partial charge >= 0.3 is 12.1 Å². The van der Waals surface area contributed by atoms with Gasteiger partial charge in [0.1, 0.15) is 6.61 Å². The Morgan fingerprint density at radius 3 is 2.27 bits per heavy atom. The van der Waals surface area contributed by atoms with Gasteiger partial charge in [-0.1, -0.05) is 42.5 Å². The molecule has 2 N–H and O–H groups in total. The van der Waals surface area contributed by atoms with Gasteiger partial charge in [-0.15, -0.1) is 0 Å². The lowest BCUT2D eigenvalue weighted by atomic mass is 10.1. The number of rotatable bonds is 6. The molecular weight excluding hydrogens is 282 g/mol. The minimum absolute atomic E-state index is 0.236. The summed E-state index contributed by atoms with van der Waals surface area (Å²) in [5.41, 5.74) is 2.13. The smallest absolute Gasteiger partial charge is 0.407 e. The Morgan fingerprint density at radius 2 is 1.64 bits per heavy atom. The van der Waals surface area contributed by atoms with Gasteiger partial charge < -0.3 is 15.2 Å². The zero-order valence-corrected chi connectivity index (χ0v) is 12.0. The van der Waals surface area contributed by atoms with Crippen LogP contribution >= 0.6 is 0 Å². The van der Waals surface area contributed by atoms with Gasteiger partial charge in [0.2, 0.25) is 0 Å². The average Bonchev–Trinajstić information content (AvgIpc) is 2.54. The van der Waals surface area contributed by atoms with Crippen LogP contribution < -0.4 is 5.32 Å². The number of carbonyl (C=O) groups excluding carboxylic acids is 1. The van der Waals surface area contributed by atoms with E-state index >= 15 is 0 Å². The first-order chi connectivity index (χ1) is 10.6. The van der Waals surface area contributed by atoms with E-state index in [1.165, 1.54) is 0 Å². The molecule has 0 saturated carbocycles. The maximum absolute atomic E-state index is 11.5. The number of benzene rings is 2. The highest BCUT2D eigenvalue weighted by Gasteiger charge is 2.04. The van der Waals surface area contributed by atoms with E-state index in [1.54, 1.807) is 24.3 Å². The summed E-state index contributed by atoms with van der Waals surface area (Å²) in [4.78, 5) is 22.3. The van der Waals surface area contributed by atoms with Crippen molar-refractivity contribution >= 4 is 12.1 Å². The number of carboxylic acids is 1. The van der Waals surface area contributed by atoms with Crippen molar-refractivity contribution in [3.8, 4) is 0 Å². The van der Waals surface area contributed by atoms with Gasteiger partial charge in [0.25, 0.3) is 0 Å². The van der Waals surface area contributed by atoms with Crippen molar-refractivity contribution in [2.75, 3.05) is 6.54 Å². The minimum atomic E-state index is -0.950. The van der Waals surface area contributed by atoms with Crippen LogP contribution in [0.25, 0.3) is 0 Å². The Labute approximate surface area is 128 Å². The van der Waals surface area contributed by atoms with E-state index in [-0.39, 0.29) is 12.2 Å². The number of aromatic carboxylic acids is 1. The van der Waals surface area contributed by atoms with E-state index in [1.807, 2.05) is 30.3 Å². The molecule has 114 valence electrons. The Kier molecular flexibility index (Phi) is 5.54. The third-order valence-electron chi connectivity index (χ3n) is 3.10. The summed E-state index contributed by atoms with van der Waals surface area (Å²) >= 11 is 0. The van der Waals surface area contributed by atoms with Crippen molar-refractivity contribution in [1.82, 2.24) is 5.32 Å². The standard InChI is InChI=1S/C17H17NO4/c19-16(20)15-8-6-13(7-9-15)10-11-18-17(21)22-12-14-4-2-1-3-5-14/h1-9H,10-12H2,(H,18,21)(H,19,20). The van der Waals surface area contributed by atoms with E-state index in [0.29, 0.717) is 13.0 Å². The molecule has 22 heavy (non-hydrogen) atoms. The molecule has 2 rings (SSSR count). The number of amides is 1. The quantitative estimate of drug-likeness (QED) is 0.860. The first-order valence-corrected chi connectivity index (χ1v) is 6.92. The second kappa shape index (κ2) is 7.83. The molecule has 5 heteroatoms. The maximum atomic E-state index is 11.5. The van der Waals surface area contributed by atoms with Gasteiger partial charge in [0.15, 0.2) is 0 Å². The molecule has 0 aliphatic heterocycles. The van der Waals surface area contributed by atoms with Crippen molar-refractivity contribution in [1.29, 1.82) is 0 Å². The normalized spacial score (nSPS) is 10.0. The number of alkyl carbamates (subject to hydrolysis) is 1. The lowest BCUT2D eigenvalue weighted by molar-refractivity contribution is 0.0697. The number of carboxylic acid groups (broad SMARTS) is 1. The van der Waals surface area contributed by atoms with Gasteiger partial charge in [-0.25, -0.2) is 9.59 Å². The molecular formula is C17H17NO4. The first-order valence-electron chi connectivity index (χ1n) is 6.92. The summed E-state index contributed by atoms with van der Waals surface area (Å²) < 4.78 is 5.09. The summed E-state index contributed by atoms with van der Waals surface area (Å²) in [6.07, 6.45) is 0.145. The van der Waals surface area contributed by atoms with Crippen molar-refractivity contribution in [2.24, 2.45) is 0 Å². The first kappa shape index (κ1) is 15.6. The fourth-order valence-electron chi connectivity index (χ4n) is 1.90. The molecule has 0 heterocycles. The van der Waals surface area contributed by atoms with E-state index in [2.05, 4.69) is 5.32 Å². The van der Waals surface area contributed by atoms with Crippen LogP contribution in [0.5, 0.6) is 0 Å². The molecule has 0 spiro atoms. The topological polar surface area (TPSA) is 75.6 Å². The summed E-state index contributed by atoms with van der Waals surface area (Å²) in [6.45, 7) is 0.667. The van der Waals surface area contributed by atoms with Crippen LogP contribution in [0, 0.1) is 0 Å². The number of carbonyl (C=O) groups is 2. The van der Waals surface area contributed by atoms with Crippen molar-refractivity contribution in [3.63, 3.8) is 0 Å². The third kappa shape index (κ3) is 4.94. The van der Waals surface area contributed by atoms with Gasteiger partial charge in [-0.05, 0) is 29.7 Å². The number of ether oxygens (including phenoxy) is 1. The Balaban J connectivity index is 1.69. The molecule has 0 aliphatic carbocycles. The van der Waals surface area contributed by atoms with Crippen molar-refractivity contribution in [3.05, 3.63) is 71.3 Å². The highest BCUT2D eigenvalue weighted by Crippen LogP contribution is 2.05. The van der Waals surface area contributed by atoms with E-state index in [9.17, 15) is 9.59 Å². The highest BCUT2D eigenvalue weighted by atomic mass is 16.5. The summed E-state index contributed by atoms with van der Waals surface area (Å²) in [5, 5.41) is 11.5. The molecule has 1 amide bonds. The zero-order valence-electron chi connectivity index (χ0n) is 12.0. The van der Waals surface area contributed by atoms with Gasteiger partial charge in [-0.3, -0.25) is 0 Å². The number of nitrogens with one attached hydrogen (secondary N) is 1. The van der Waals surface area contributed by atoms with E-state index in [0.717, 1.165) is 11.1 Å². The largest absolute Gasteiger partial charge is 0.478 e. The predicted molar refractivity (Wildman–Crippen MR) is 81.7 cm³/mol. The van der Waals surface area contributed by atoms with Crippen LogP contribution in [0.15, 0.2) is 54.6 Å². The molecule has 0 fully saturated rings. The number of hydrogen-bond donors (Lipinski definition) is 2. The fourth-order valence-corrected chi connectivity index (χ4v) is 1.90. The second-order valence-corrected chi connectivity index (χ2v) is 4.74. The molecule has 0 aromatic heterocycles. The molecule has 0 atom stereocenters. The van der Waals surface area contributed by atoms with Crippen LogP contribution in [0.3, 0.4) is 0 Å². The molecule has 5 nitrogen and oxygen atoms in total. The monoisotopic (exact) mass is 299 g/mol. The molecule has 2 aromatic carbocycles. The second-order valence-electron chi connectivity index (χ2n) is 4.74. The molecule has 0 bridgehead atoms. The van der Waals surface area contributed by atoms with E-state index < -0.39 is 12.1 Å². The lowest BCUT2D eigenvalue weighted by Gasteiger charge is -2.07. The molecule has 0 unspecified atom stereocenters. The zero-order chi connectivity index (χ0) is 15.8. The van der Waals surface area contributed by atoms with Gasteiger partial charge in [0, 0.05) is 6.54 Å². The Hall–Kier alpha value is -2.82. The third-order valence-corrected chi connectivity index (χ3v) is 3.10.